The predicted molar refractivity (Wildman–Crippen MR) is 227 cm³/mol. The molecule has 0 bridgehead atoms. The van der Waals surface area contributed by atoms with Gasteiger partial charge in [-0.25, -0.2) is 0 Å². The van der Waals surface area contributed by atoms with Crippen molar-refractivity contribution in [2.24, 2.45) is 0 Å². The first-order chi connectivity index (χ1) is 28.2. The molecule has 0 aromatic heterocycles. The largest absolute Gasteiger partial charge is 0.497 e. The van der Waals surface area contributed by atoms with Gasteiger partial charge in [0.15, 0.2) is 0 Å². The van der Waals surface area contributed by atoms with Gasteiger partial charge < -0.3 is 39.3 Å². The maximum atomic E-state index is 14.1. The standard InChI is InChI=1S/C48H42N4O6/c1-49-45(33-9-17-37(18-10-33)51(35-13-5-31(29-53)6-14-35)36-15-7-32(30-54)8-16-36)43-44(48(49)56)46(50(2)47(43)55)34-11-19-38(20-12-34)52(39-21-25-41(57-3)26-22-39)40-23-27-42(58-4)28-24-40/h5-28,53-54H,29-30H2,1-4H3. The van der Waals surface area contributed by atoms with Gasteiger partial charge in [-0.15, -0.1) is 0 Å². The molecule has 2 aliphatic heterocycles. The molecule has 2 heterocycles. The van der Waals surface area contributed by atoms with Crippen LogP contribution in [0.15, 0.2) is 157 Å². The molecule has 10 nitrogen and oxygen atoms in total. The van der Waals surface area contributed by atoms with Crippen molar-refractivity contribution in [3.05, 3.63) is 179 Å². The number of nitrogens with zero attached hydrogens (tertiary/aromatic N) is 4. The number of anilines is 6. The summed E-state index contributed by atoms with van der Waals surface area (Å²) >= 11 is 0. The molecule has 0 aliphatic carbocycles. The summed E-state index contributed by atoms with van der Waals surface area (Å²) in [5.74, 6) is 0.995. The minimum absolute atomic E-state index is 0.0605. The summed E-state index contributed by atoms with van der Waals surface area (Å²) in [5, 5.41) is 19.3. The number of ether oxygens (including phenoxy) is 2. The van der Waals surface area contributed by atoms with Crippen molar-refractivity contribution in [1.82, 2.24) is 9.80 Å². The Bertz CT molecular complexity index is 2250. The summed E-state index contributed by atoms with van der Waals surface area (Å²) in [6, 6.07) is 46.6. The van der Waals surface area contributed by atoms with E-state index in [0.717, 1.165) is 67.9 Å². The Kier molecular flexibility index (Phi) is 10.3. The molecule has 0 saturated heterocycles. The molecule has 2 N–H and O–H groups in total. The van der Waals surface area contributed by atoms with Gasteiger partial charge in [0, 0.05) is 48.2 Å². The van der Waals surface area contributed by atoms with Crippen molar-refractivity contribution in [3.8, 4) is 11.5 Å². The number of carbonyl (C=O) groups excluding carboxylic acids is 2. The van der Waals surface area contributed by atoms with Gasteiger partial charge in [-0.2, -0.15) is 0 Å². The summed E-state index contributed by atoms with van der Waals surface area (Å²) in [6.45, 7) is -0.121. The van der Waals surface area contributed by atoms with Crippen LogP contribution in [0.2, 0.25) is 0 Å². The number of amides is 2. The maximum absolute atomic E-state index is 14.1. The maximum Gasteiger partial charge on any atom is 0.261 e. The van der Waals surface area contributed by atoms with E-state index in [9.17, 15) is 19.8 Å². The van der Waals surface area contributed by atoms with Crippen molar-refractivity contribution >= 4 is 57.3 Å². The highest BCUT2D eigenvalue weighted by Gasteiger charge is 2.46. The molecule has 0 saturated carbocycles. The van der Waals surface area contributed by atoms with E-state index >= 15 is 0 Å². The molecule has 58 heavy (non-hydrogen) atoms. The van der Waals surface area contributed by atoms with E-state index in [4.69, 9.17) is 9.47 Å². The smallest absolute Gasteiger partial charge is 0.261 e. The number of likely N-dealkylation sites (N-methyl/N-ethyl adjacent to an activating group) is 2. The SMILES string of the molecule is COc1ccc(N(c2ccc(OC)cc2)c2ccc(C3=C4C(=O)N(C)C(c5ccc(N(c6ccc(CO)cc6)c6ccc(CO)cc6)cc5)=C4C(=O)N3C)cc2)cc1. The van der Waals surface area contributed by atoms with Gasteiger partial charge in [0.1, 0.15) is 11.5 Å². The Morgan fingerprint density at radius 3 is 0.948 bits per heavy atom. The third kappa shape index (κ3) is 6.74. The van der Waals surface area contributed by atoms with Crippen molar-refractivity contribution in [1.29, 1.82) is 0 Å². The van der Waals surface area contributed by atoms with Crippen LogP contribution in [0.5, 0.6) is 11.5 Å². The quantitative estimate of drug-likeness (QED) is 0.127. The lowest BCUT2D eigenvalue weighted by Gasteiger charge is -2.26. The molecule has 6 aromatic carbocycles. The van der Waals surface area contributed by atoms with Crippen LogP contribution in [0.3, 0.4) is 0 Å². The van der Waals surface area contributed by atoms with Crippen molar-refractivity contribution in [2.45, 2.75) is 13.2 Å². The van der Waals surface area contributed by atoms with Gasteiger partial charge in [0.25, 0.3) is 11.8 Å². The van der Waals surface area contributed by atoms with Gasteiger partial charge in [0.05, 0.1) is 50.0 Å². The molecular formula is C48H42N4O6. The third-order valence-corrected chi connectivity index (χ3v) is 10.6. The highest BCUT2D eigenvalue weighted by molar-refractivity contribution is 6.30. The molecule has 0 unspecified atom stereocenters. The molecule has 0 radical (unpaired) electrons. The normalized spacial score (nSPS) is 13.7. The van der Waals surface area contributed by atoms with Crippen LogP contribution in [0.1, 0.15) is 22.3 Å². The second-order valence-corrected chi connectivity index (χ2v) is 14.0. The molecule has 10 heteroatoms. The first kappa shape index (κ1) is 37.8. The number of methoxy groups -OCH3 is 2. The summed E-state index contributed by atoms with van der Waals surface area (Å²) < 4.78 is 10.8. The number of aliphatic hydroxyl groups excluding tert-OH is 2. The van der Waals surface area contributed by atoms with E-state index in [-0.39, 0.29) is 25.0 Å². The number of carbonyl (C=O) groups is 2. The summed E-state index contributed by atoms with van der Waals surface area (Å²) in [7, 11) is 6.69. The third-order valence-electron chi connectivity index (χ3n) is 10.6. The second kappa shape index (κ2) is 15.8. The minimum Gasteiger partial charge on any atom is -0.497 e. The van der Waals surface area contributed by atoms with E-state index in [1.807, 2.05) is 146 Å². The average molecular weight is 771 g/mol. The highest BCUT2D eigenvalue weighted by atomic mass is 16.5. The molecule has 0 spiro atoms. The topological polar surface area (TPSA) is 106 Å². The zero-order valence-corrected chi connectivity index (χ0v) is 32.6. The van der Waals surface area contributed by atoms with Crippen LogP contribution in [0.4, 0.5) is 34.1 Å². The predicted octanol–water partition coefficient (Wildman–Crippen LogP) is 8.69. The summed E-state index contributed by atoms with van der Waals surface area (Å²) in [5.41, 5.74) is 10.2. The fourth-order valence-corrected chi connectivity index (χ4v) is 7.60. The Labute approximate surface area is 337 Å². The van der Waals surface area contributed by atoms with Gasteiger partial charge >= 0.3 is 0 Å². The molecule has 8 rings (SSSR count). The lowest BCUT2D eigenvalue weighted by atomic mass is 10.0. The van der Waals surface area contributed by atoms with Crippen LogP contribution in [-0.2, 0) is 22.8 Å². The second-order valence-electron chi connectivity index (χ2n) is 14.0. The zero-order chi connectivity index (χ0) is 40.5. The van der Waals surface area contributed by atoms with Gasteiger partial charge in [-0.05, 0) is 119 Å². The molecule has 290 valence electrons. The average Bonchev–Trinajstić information content (AvgIpc) is 3.68. The molecule has 2 aliphatic rings. The number of fused-ring (bicyclic) bond motifs is 1. The fraction of sp³-hybridized carbons (Fsp3) is 0.125. The van der Waals surface area contributed by atoms with Gasteiger partial charge in [-0.3, -0.25) is 9.59 Å². The molecular weight excluding hydrogens is 729 g/mol. The highest BCUT2D eigenvalue weighted by Crippen LogP contribution is 2.46. The van der Waals surface area contributed by atoms with Crippen molar-refractivity contribution in [2.75, 3.05) is 38.1 Å². The van der Waals surface area contributed by atoms with Gasteiger partial charge in [0.2, 0.25) is 0 Å². The number of hydrogen-bond acceptors (Lipinski definition) is 8. The molecule has 0 atom stereocenters. The van der Waals surface area contributed by atoms with Crippen LogP contribution < -0.4 is 19.3 Å². The number of aliphatic hydroxyl groups is 2. The Morgan fingerprint density at radius 1 is 0.431 bits per heavy atom. The van der Waals surface area contributed by atoms with Crippen LogP contribution >= 0.6 is 0 Å². The number of rotatable bonds is 12. The Morgan fingerprint density at radius 2 is 0.690 bits per heavy atom. The van der Waals surface area contributed by atoms with Gasteiger partial charge in [-0.1, -0.05) is 48.5 Å². The van der Waals surface area contributed by atoms with E-state index in [0.29, 0.717) is 22.5 Å². The van der Waals surface area contributed by atoms with Crippen LogP contribution in [0.25, 0.3) is 11.4 Å². The van der Waals surface area contributed by atoms with Crippen LogP contribution in [0, 0.1) is 0 Å². The lowest BCUT2D eigenvalue weighted by molar-refractivity contribution is -0.123. The van der Waals surface area contributed by atoms with Crippen LogP contribution in [-0.4, -0.2) is 60.1 Å². The first-order valence-corrected chi connectivity index (χ1v) is 18.8. The van der Waals surface area contributed by atoms with E-state index in [2.05, 4.69) is 9.80 Å². The van der Waals surface area contributed by atoms with Crippen molar-refractivity contribution in [3.63, 3.8) is 0 Å². The number of hydrogen-bond donors (Lipinski definition) is 2. The Balaban J connectivity index is 1.16. The first-order valence-electron chi connectivity index (χ1n) is 18.8. The van der Waals surface area contributed by atoms with Crippen molar-refractivity contribution < 1.29 is 29.3 Å². The minimum atomic E-state index is -0.251. The Hall–Kier alpha value is -7.14. The monoisotopic (exact) mass is 770 g/mol. The molecule has 0 fully saturated rings. The fourth-order valence-electron chi connectivity index (χ4n) is 7.60. The van der Waals surface area contributed by atoms with E-state index < -0.39 is 0 Å². The zero-order valence-electron chi connectivity index (χ0n) is 32.6. The summed E-state index contributed by atoms with van der Waals surface area (Å²) in [4.78, 5) is 35.6. The molecule has 6 aromatic rings. The molecule has 2 amide bonds. The van der Waals surface area contributed by atoms with E-state index in [1.54, 1.807) is 38.1 Å². The number of benzene rings is 6. The summed E-state index contributed by atoms with van der Waals surface area (Å²) in [6.07, 6.45) is 0. The lowest BCUT2D eigenvalue weighted by Crippen LogP contribution is -2.25. The van der Waals surface area contributed by atoms with E-state index in [1.165, 1.54) is 0 Å².